The molecule has 2 aliphatic rings. The number of hydrogen-bond acceptors (Lipinski definition) is 0. The predicted octanol–water partition coefficient (Wildman–Crippen LogP) is 3.08. The fourth-order valence-electron chi connectivity index (χ4n) is 3.56. The average Bonchev–Trinajstić information content (AvgIpc) is 1.82. The standard InChI is InChI=1S/C10H18/c1-7-5-8-9(2,3)6-10(7,8)4/h7-8H,5-6H2,1-4H3. The van der Waals surface area contributed by atoms with Crippen molar-refractivity contribution >= 4 is 0 Å². The number of fused-ring (bicyclic) bond motifs is 1. The summed E-state index contributed by atoms with van der Waals surface area (Å²) in [5.74, 6) is 2.06. The van der Waals surface area contributed by atoms with Gasteiger partial charge in [-0.25, -0.2) is 0 Å². The highest BCUT2D eigenvalue weighted by Gasteiger charge is 2.64. The maximum absolute atomic E-state index is 2.47. The Bertz CT molecular complexity index is 169. The van der Waals surface area contributed by atoms with Crippen LogP contribution in [0, 0.1) is 22.7 Å². The highest BCUT2D eigenvalue weighted by atomic mass is 14.7. The average molecular weight is 138 g/mol. The Labute approximate surface area is 64.0 Å². The van der Waals surface area contributed by atoms with Crippen molar-refractivity contribution in [3.8, 4) is 0 Å². The molecule has 0 heterocycles. The van der Waals surface area contributed by atoms with Gasteiger partial charge in [0.2, 0.25) is 0 Å². The van der Waals surface area contributed by atoms with Gasteiger partial charge in [0, 0.05) is 0 Å². The van der Waals surface area contributed by atoms with E-state index in [0.29, 0.717) is 5.41 Å². The molecule has 0 N–H and O–H groups in total. The molecule has 0 radical (unpaired) electrons. The van der Waals surface area contributed by atoms with Crippen molar-refractivity contribution in [3.05, 3.63) is 0 Å². The predicted molar refractivity (Wildman–Crippen MR) is 43.8 cm³/mol. The van der Waals surface area contributed by atoms with Gasteiger partial charge >= 0.3 is 0 Å². The van der Waals surface area contributed by atoms with Crippen LogP contribution in [0.1, 0.15) is 40.5 Å². The van der Waals surface area contributed by atoms with E-state index in [1.807, 2.05) is 0 Å². The molecule has 3 atom stereocenters. The van der Waals surface area contributed by atoms with Gasteiger partial charge in [0.15, 0.2) is 0 Å². The Kier molecular flexibility index (Phi) is 0.964. The van der Waals surface area contributed by atoms with Gasteiger partial charge in [0.1, 0.15) is 0 Å². The van der Waals surface area contributed by atoms with Gasteiger partial charge in [-0.15, -0.1) is 0 Å². The molecule has 0 bridgehead atoms. The second-order valence-corrected chi connectivity index (χ2v) is 5.36. The molecule has 0 nitrogen and oxygen atoms in total. The molecular weight excluding hydrogens is 120 g/mol. The Morgan fingerprint density at radius 2 is 1.80 bits per heavy atom. The van der Waals surface area contributed by atoms with E-state index in [1.165, 1.54) is 12.8 Å². The van der Waals surface area contributed by atoms with Crippen molar-refractivity contribution in [1.29, 1.82) is 0 Å². The molecule has 0 heteroatoms. The fourth-order valence-corrected chi connectivity index (χ4v) is 3.56. The summed E-state index contributed by atoms with van der Waals surface area (Å²) in [7, 11) is 0. The van der Waals surface area contributed by atoms with Crippen LogP contribution in [0.4, 0.5) is 0 Å². The molecule has 2 rings (SSSR count). The first-order valence-electron chi connectivity index (χ1n) is 4.47. The third kappa shape index (κ3) is 0.500. The van der Waals surface area contributed by atoms with Gasteiger partial charge in [-0.05, 0) is 35.5 Å². The zero-order valence-corrected chi connectivity index (χ0v) is 7.57. The van der Waals surface area contributed by atoms with Gasteiger partial charge in [-0.3, -0.25) is 0 Å². The van der Waals surface area contributed by atoms with E-state index in [4.69, 9.17) is 0 Å². The summed E-state index contributed by atoms with van der Waals surface area (Å²) in [6.45, 7) is 9.72. The lowest BCUT2D eigenvalue weighted by Gasteiger charge is -2.70. The van der Waals surface area contributed by atoms with Gasteiger partial charge in [-0.2, -0.15) is 0 Å². The molecule has 0 aromatic carbocycles. The lowest BCUT2D eigenvalue weighted by molar-refractivity contribution is -0.215. The van der Waals surface area contributed by atoms with Crippen molar-refractivity contribution in [2.45, 2.75) is 40.5 Å². The summed E-state index contributed by atoms with van der Waals surface area (Å²) in [6, 6.07) is 0. The summed E-state index contributed by atoms with van der Waals surface area (Å²) < 4.78 is 0. The maximum atomic E-state index is 2.47. The van der Waals surface area contributed by atoms with Crippen LogP contribution in [0.2, 0.25) is 0 Å². The Balaban J connectivity index is 2.14. The summed E-state index contributed by atoms with van der Waals surface area (Å²) >= 11 is 0. The Morgan fingerprint density at radius 1 is 1.20 bits per heavy atom. The molecule has 10 heavy (non-hydrogen) atoms. The molecule has 58 valence electrons. The second kappa shape index (κ2) is 1.44. The normalized spacial score (nSPS) is 56.4. The highest BCUT2D eigenvalue weighted by Crippen LogP contribution is 2.72. The minimum absolute atomic E-state index is 0.682. The molecule has 0 aromatic rings. The first-order chi connectivity index (χ1) is 4.47. The van der Waals surface area contributed by atoms with Crippen LogP contribution in [-0.4, -0.2) is 0 Å². The van der Waals surface area contributed by atoms with E-state index < -0.39 is 0 Å². The summed E-state index contributed by atoms with van der Waals surface area (Å²) in [5, 5.41) is 0. The van der Waals surface area contributed by atoms with E-state index in [2.05, 4.69) is 27.7 Å². The lowest BCUT2D eigenvalue weighted by atomic mass is 9.34. The fraction of sp³-hybridized carbons (Fsp3) is 1.00. The van der Waals surface area contributed by atoms with Crippen molar-refractivity contribution in [2.75, 3.05) is 0 Å². The highest BCUT2D eigenvalue weighted by molar-refractivity contribution is 5.13. The zero-order chi connectivity index (χ0) is 7.57. The van der Waals surface area contributed by atoms with Crippen molar-refractivity contribution in [2.24, 2.45) is 22.7 Å². The molecule has 2 saturated carbocycles. The summed E-state index contributed by atoms with van der Waals surface area (Å²) in [4.78, 5) is 0. The van der Waals surface area contributed by atoms with Crippen molar-refractivity contribution in [1.82, 2.24) is 0 Å². The topological polar surface area (TPSA) is 0 Å². The van der Waals surface area contributed by atoms with Crippen LogP contribution < -0.4 is 0 Å². The molecular formula is C10H18. The van der Waals surface area contributed by atoms with Crippen LogP contribution in [0.5, 0.6) is 0 Å². The molecule has 3 unspecified atom stereocenters. The van der Waals surface area contributed by atoms with Crippen LogP contribution in [0.3, 0.4) is 0 Å². The van der Waals surface area contributed by atoms with Crippen molar-refractivity contribution < 1.29 is 0 Å². The van der Waals surface area contributed by atoms with Crippen LogP contribution in [0.15, 0.2) is 0 Å². The smallest absolute Gasteiger partial charge is 0.0261 e. The van der Waals surface area contributed by atoms with Crippen LogP contribution in [0.25, 0.3) is 0 Å². The zero-order valence-electron chi connectivity index (χ0n) is 7.57. The van der Waals surface area contributed by atoms with Crippen molar-refractivity contribution in [3.63, 3.8) is 0 Å². The number of hydrogen-bond donors (Lipinski definition) is 0. The minimum atomic E-state index is 0.682. The Hall–Kier alpha value is 0. The molecule has 0 amide bonds. The lowest BCUT2D eigenvalue weighted by Crippen LogP contribution is -2.63. The maximum Gasteiger partial charge on any atom is -0.0261 e. The molecule has 0 aromatic heterocycles. The largest absolute Gasteiger partial charge is 0.0620 e. The molecule has 0 aliphatic heterocycles. The van der Waals surface area contributed by atoms with E-state index in [9.17, 15) is 0 Å². The third-order valence-corrected chi connectivity index (χ3v) is 4.29. The van der Waals surface area contributed by atoms with Gasteiger partial charge in [0.05, 0.1) is 0 Å². The van der Waals surface area contributed by atoms with E-state index in [1.54, 1.807) is 0 Å². The molecule has 2 aliphatic carbocycles. The molecule has 0 saturated heterocycles. The van der Waals surface area contributed by atoms with E-state index >= 15 is 0 Å². The van der Waals surface area contributed by atoms with E-state index in [0.717, 1.165) is 17.3 Å². The first kappa shape index (κ1) is 6.69. The van der Waals surface area contributed by atoms with Crippen LogP contribution >= 0.6 is 0 Å². The SMILES string of the molecule is CC1CC2C(C)(C)CC12C. The minimum Gasteiger partial charge on any atom is -0.0620 e. The monoisotopic (exact) mass is 138 g/mol. The third-order valence-electron chi connectivity index (χ3n) is 4.29. The summed E-state index contributed by atoms with van der Waals surface area (Å²) in [6.07, 6.45) is 2.95. The van der Waals surface area contributed by atoms with E-state index in [-0.39, 0.29) is 0 Å². The quantitative estimate of drug-likeness (QED) is 0.482. The Morgan fingerprint density at radius 3 is 1.90 bits per heavy atom. The van der Waals surface area contributed by atoms with Crippen LogP contribution in [-0.2, 0) is 0 Å². The molecule has 2 fully saturated rings. The first-order valence-corrected chi connectivity index (χ1v) is 4.47. The van der Waals surface area contributed by atoms with Gasteiger partial charge in [-0.1, -0.05) is 27.7 Å². The second-order valence-electron chi connectivity index (χ2n) is 5.36. The number of rotatable bonds is 0. The molecule has 0 spiro atoms. The summed E-state index contributed by atoms with van der Waals surface area (Å²) in [5.41, 5.74) is 1.44. The van der Waals surface area contributed by atoms with Gasteiger partial charge in [0.25, 0.3) is 0 Å². The van der Waals surface area contributed by atoms with Gasteiger partial charge < -0.3 is 0 Å².